The van der Waals surface area contributed by atoms with Crippen molar-refractivity contribution in [3.05, 3.63) is 0 Å². The van der Waals surface area contributed by atoms with E-state index in [1.807, 2.05) is 0 Å². The average molecular weight is 178 g/mol. The highest BCUT2D eigenvalue weighted by Gasteiger charge is 2.23. The maximum absolute atomic E-state index is 10.9. The Bertz CT molecular complexity index is 366. The molecule has 0 radical (unpaired) electrons. The Kier molecular flexibility index (Phi) is 1.55. The molecule has 64 valence electrons. The van der Waals surface area contributed by atoms with Gasteiger partial charge in [0.1, 0.15) is 12.4 Å². The van der Waals surface area contributed by atoms with E-state index in [-0.39, 0.29) is 11.8 Å². The first-order chi connectivity index (χ1) is 6.27. The lowest BCUT2D eigenvalue weighted by molar-refractivity contribution is -0.108. The van der Waals surface area contributed by atoms with E-state index in [1.165, 1.54) is 0 Å². The number of rotatable bonds is 0. The number of ketones is 2. The summed E-state index contributed by atoms with van der Waals surface area (Å²) in [4.78, 5) is 21.7. The predicted octanol–water partition coefficient (Wildman–Crippen LogP) is -1.06. The van der Waals surface area contributed by atoms with Crippen LogP contribution in [-0.2, 0) is 14.3 Å². The van der Waals surface area contributed by atoms with Gasteiger partial charge in [0.2, 0.25) is 0 Å². The molecule has 0 fully saturated rings. The summed E-state index contributed by atoms with van der Waals surface area (Å²) in [5, 5.41) is 13.3. The van der Waals surface area contributed by atoms with Gasteiger partial charge in [0.05, 0.1) is 0 Å². The molecule has 2 heterocycles. The van der Waals surface area contributed by atoms with Gasteiger partial charge in [0, 0.05) is 0 Å². The minimum Gasteiger partial charge on any atom is -0.410 e. The second-order valence-electron chi connectivity index (χ2n) is 2.13. The first-order valence-corrected chi connectivity index (χ1v) is 3.26. The Labute approximate surface area is 71.5 Å². The second kappa shape index (κ2) is 2.70. The molecule has 0 aromatic rings. The van der Waals surface area contributed by atoms with Gasteiger partial charge in [-0.2, -0.15) is 10.2 Å². The third kappa shape index (κ3) is 1.26. The van der Waals surface area contributed by atoms with Crippen LogP contribution in [0.25, 0.3) is 0 Å². The fourth-order valence-corrected chi connectivity index (χ4v) is 0.709. The second-order valence-corrected chi connectivity index (χ2v) is 2.13. The first kappa shape index (κ1) is 7.47. The summed E-state index contributed by atoms with van der Waals surface area (Å²) in [6, 6.07) is 0. The maximum atomic E-state index is 10.9. The van der Waals surface area contributed by atoms with Crippen LogP contribution in [0.1, 0.15) is 0 Å². The minimum atomic E-state index is -0.498. The molecule has 0 N–H and O–H groups in total. The highest BCUT2D eigenvalue weighted by atomic mass is 16.5. The summed E-state index contributed by atoms with van der Waals surface area (Å²) < 4.78 is 4.75. The van der Waals surface area contributed by atoms with Crippen molar-refractivity contribution in [3.8, 4) is 0 Å². The van der Waals surface area contributed by atoms with Gasteiger partial charge in [-0.15, -0.1) is 10.2 Å². The zero-order valence-electron chi connectivity index (χ0n) is 6.17. The first-order valence-electron chi connectivity index (χ1n) is 3.26. The molecule has 0 saturated heterocycles. The Morgan fingerprint density at radius 2 is 1.38 bits per heavy atom. The molecule has 0 spiro atoms. The van der Waals surface area contributed by atoms with E-state index in [0.717, 1.165) is 12.4 Å². The van der Waals surface area contributed by atoms with E-state index in [2.05, 4.69) is 20.4 Å². The van der Waals surface area contributed by atoms with Crippen LogP contribution in [0.3, 0.4) is 0 Å². The zero-order valence-corrected chi connectivity index (χ0v) is 6.17. The molecule has 0 unspecified atom stereocenters. The summed E-state index contributed by atoms with van der Waals surface area (Å²) >= 11 is 0. The summed E-state index contributed by atoms with van der Waals surface area (Å²) in [5.74, 6) is -1.53. The highest BCUT2D eigenvalue weighted by molar-refractivity contribution is 6.65. The van der Waals surface area contributed by atoms with Crippen molar-refractivity contribution in [1.82, 2.24) is 0 Å². The van der Waals surface area contributed by atoms with Gasteiger partial charge in [-0.05, 0) is 0 Å². The van der Waals surface area contributed by atoms with Crippen molar-refractivity contribution in [2.75, 3.05) is 0 Å². The van der Waals surface area contributed by atoms with Crippen molar-refractivity contribution in [3.63, 3.8) is 0 Å². The van der Waals surface area contributed by atoms with E-state index in [4.69, 9.17) is 4.74 Å². The van der Waals surface area contributed by atoms with E-state index in [0.29, 0.717) is 0 Å². The molecule has 0 bridgehead atoms. The van der Waals surface area contributed by atoms with Crippen LogP contribution in [0, 0.1) is 0 Å². The van der Waals surface area contributed by atoms with Crippen LogP contribution in [-0.4, -0.2) is 35.8 Å². The van der Waals surface area contributed by atoms with Crippen molar-refractivity contribution >= 4 is 35.8 Å². The Balaban J connectivity index is 2.09. The van der Waals surface area contributed by atoms with Crippen LogP contribution in [0.2, 0.25) is 0 Å². The lowest BCUT2D eigenvalue weighted by Crippen LogP contribution is -2.23. The minimum absolute atomic E-state index is 0.266. The third-order valence-corrected chi connectivity index (χ3v) is 1.26. The number of nitrogens with zero attached hydrogens (tertiary/aromatic N) is 4. The predicted molar refractivity (Wildman–Crippen MR) is 43.0 cm³/mol. The standard InChI is InChI=1S/C6H2N4O3/c11-3-1-7-9-5(3)13-6-4(12)2-8-10-6/h1-2H. The lowest BCUT2D eigenvalue weighted by Gasteiger charge is -1.97. The van der Waals surface area contributed by atoms with Crippen molar-refractivity contribution < 1.29 is 14.3 Å². The van der Waals surface area contributed by atoms with E-state index >= 15 is 0 Å². The van der Waals surface area contributed by atoms with Gasteiger partial charge in [-0.3, -0.25) is 9.59 Å². The molecule has 7 nitrogen and oxygen atoms in total. The molecular weight excluding hydrogens is 176 g/mol. The molecule has 0 aromatic heterocycles. The smallest absolute Gasteiger partial charge is 0.290 e. The summed E-state index contributed by atoms with van der Waals surface area (Å²) in [5.41, 5.74) is 0. The molecule has 0 atom stereocenters. The van der Waals surface area contributed by atoms with Crippen LogP contribution in [0.15, 0.2) is 20.4 Å². The van der Waals surface area contributed by atoms with Crippen molar-refractivity contribution in [2.24, 2.45) is 20.4 Å². The van der Waals surface area contributed by atoms with Crippen LogP contribution < -0.4 is 0 Å². The van der Waals surface area contributed by atoms with Crippen molar-refractivity contribution in [1.29, 1.82) is 0 Å². The normalized spacial score (nSPS) is 19.4. The number of Topliss-reactive ketones (excluding diaryl/α,β-unsaturated/α-hetero) is 2. The van der Waals surface area contributed by atoms with Crippen LogP contribution in [0.4, 0.5) is 0 Å². The maximum Gasteiger partial charge on any atom is 0.290 e. The topological polar surface area (TPSA) is 92.8 Å². The largest absolute Gasteiger partial charge is 0.410 e. The highest BCUT2D eigenvalue weighted by Crippen LogP contribution is 1.99. The van der Waals surface area contributed by atoms with Gasteiger partial charge in [0.25, 0.3) is 23.4 Å². The number of hydrogen-bond acceptors (Lipinski definition) is 7. The molecule has 2 rings (SSSR count). The molecule has 0 aliphatic carbocycles. The molecule has 0 amide bonds. The average Bonchev–Trinajstić information content (AvgIpc) is 2.65. The summed E-state index contributed by atoms with van der Waals surface area (Å²) in [7, 11) is 0. The van der Waals surface area contributed by atoms with E-state index in [9.17, 15) is 9.59 Å². The molecule has 7 heteroatoms. The summed E-state index contributed by atoms with van der Waals surface area (Å²) in [6.07, 6.45) is 1.96. The SMILES string of the molecule is O=C1C=NN=C1OC1=NN=CC1=O. The molecule has 0 saturated carbocycles. The van der Waals surface area contributed by atoms with Gasteiger partial charge in [-0.1, -0.05) is 0 Å². The van der Waals surface area contributed by atoms with Crippen LogP contribution >= 0.6 is 0 Å². The third-order valence-electron chi connectivity index (χ3n) is 1.26. The number of carbonyl (C=O) groups excluding carboxylic acids is 2. The van der Waals surface area contributed by atoms with Gasteiger partial charge in [0.15, 0.2) is 0 Å². The number of carbonyl (C=O) groups is 2. The lowest BCUT2D eigenvalue weighted by atomic mass is 10.4. The van der Waals surface area contributed by atoms with Crippen molar-refractivity contribution in [2.45, 2.75) is 0 Å². The van der Waals surface area contributed by atoms with E-state index < -0.39 is 11.6 Å². The fraction of sp³-hybridized carbons (Fsp3) is 0. The Hall–Kier alpha value is -2.18. The van der Waals surface area contributed by atoms with E-state index in [1.54, 1.807) is 0 Å². The van der Waals surface area contributed by atoms with Gasteiger partial charge < -0.3 is 4.74 Å². The molecule has 13 heavy (non-hydrogen) atoms. The Morgan fingerprint density at radius 1 is 0.923 bits per heavy atom. The Morgan fingerprint density at radius 3 is 1.69 bits per heavy atom. The van der Waals surface area contributed by atoms with Crippen LogP contribution in [0.5, 0.6) is 0 Å². The monoisotopic (exact) mass is 178 g/mol. The van der Waals surface area contributed by atoms with Gasteiger partial charge >= 0.3 is 0 Å². The molecular formula is C6H2N4O3. The number of hydrogen-bond donors (Lipinski definition) is 0. The van der Waals surface area contributed by atoms with Gasteiger partial charge in [-0.25, -0.2) is 0 Å². The molecule has 0 aromatic carbocycles. The number of ether oxygens (including phenoxy) is 1. The molecule has 2 aliphatic rings. The summed E-state index contributed by atoms with van der Waals surface area (Å²) in [6.45, 7) is 0. The molecule has 2 aliphatic heterocycles. The fourth-order valence-electron chi connectivity index (χ4n) is 0.709. The quantitative estimate of drug-likeness (QED) is 0.473. The zero-order chi connectivity index (χ0) is 9.26.